The van der Waals surface area contributed by atoms with Gasteiger partial charge in [0.1, 0.15) is 5.75 Å². The number of phenols is 1. The van der Waals surface area contributed by atoms with Crippen LogP contribution in [-0.2, 0) is 0 Å². The molecule has 2 aromatic heterocycles. The van der Waals surface area contributed by atoms with Crippen molar-refractivity contribution in [1.82, 2.24) is 9.97 Å². The lowest BCUT2D eigenvalue weighted by molar-refractivity contribution is 0.477. The molecule has 0 aliphatic carbocycles. The molecule has 2 heterocycles. The van der Waals surface area contributed by atoms with Gasteiger partial charge in [0.2, 0.25) is 0 Å². The molecule has 160 valence electrons. The Morgan fingerprint density at radius 1 is 0.606 bits per heavy atom. The Kier molecular flexibility index (Phi) is 5.69. The van der Waals surface area contributed by atoms with Crippen molar-refractivity contribution in [2.75, 3.05) is 0 Å². The predicted octanol–water partition coefficient (Wildman–Crippen LogP) is 7.34. The Balaban J connectivity index is 1.51. The van der Waals surface area contributed by atoms with Crippen molar-refractivity contribution in [1.29, 1.82) is 0 Å². The highest BCUT2D eigenvalue weighted by Crippen LogP contribution is 2.34. The molecule has 0 spiro atoms. The van der Waals surface area contributed by atoms with Gasteiger partial charge in [-0.3, -0.25) is 4.98 Å². The maximum atomic E-state index is 10.6. The fourth-order valence-electron chi connectivity index (χ4n) is 4.08. The summed E-state index contributed by atoms with van der Waals surface area (Å²) in [6, 6.07) is 36.2. The van der Waals surface area contributed by atoms with Crippen LogP contribution in [0.2, 0.25) is 0 Å². The third-order valence-corrected chi connectivity index (χ3v) is 5.96. The van der Waals surface area contributed by atoms with Crippen molar-refractivity contribution in [3.63, 3.8) is 0 Å². The van der Waals surface area contributed by atoms with Crippen LogP contribution in [0, 0.1) is 0 Å². The van der Waals surface area contributed by atoms with E-state index >= 15 is 0 Å². The topological polar surface area (TPSA) is 46.0 Å². The molecule has 0 amide bonds. The molecule has 0 saturated carbocycles. The second-order valence-corrected chi connectivity index (χ2v) is 8.11. The van der Waals surface area contributed by atoms with Gasteiger partial charge in [0.05, 0.1) is 17.1 Å². The van der Waals surface area contributed by atoms with Gasteiger partial charge < -0.3 is 5.11 Å². The first-order valence-corrected chi connectivity index (χ1v) is 11.1. The summed E-state index contributed by atoms with van der Waals surface area (Å²) < 4.78 is 0. The van der Waals surface area contributed by atoms with Gasteiger partial charge in [-0.2, -0.15) is 0 Å². The molecular weight excluding hydrogens is 404 g/mol. The quantitative estimate of drug-likeness (QED) is 0.319. The van der Waals surface area contributed by atoms with E-state index in [0.29, 0.717) is 0 Å². The van der Waals surface area contributed by atoms with Gasteiger partial charge in [-0.15, -0.1) is 0 Å². The van der Waals surface area contributed by atoms with Gasteiger partial charge in [0, 0.05) is 28.8 Å². The minimum absolute atomic E-state index is 0.212. The van der Waals surface area contributed by atoms with Crippen molar-refractivity contribution < 1.29 is 5.11 Å². The summed E-state index contributed by atoms with van der Waals surface area (Å²) in [5.41, 5.74) is 7.69. The highest BCUT2D eigenvalue weighted by atomic mass is 16.3. The third kappa shape index (κ3) is 4.39. The van der Waals surface area contributed by atoms with Crippen LogP contribution >= 0.6 is 0 Å². The van der Waals surface area contributed by atoms with Gasteiger partial charge in [-0.1, -0.05) is 73.7 Å². The van der Waals surface area contributed by atoms with Crippen LogP contribution in [-0.4, -0.2) is 15.1 Å². The molecule has 0 radical (unpaired) electrons. The van der Waals surface area contributed by atoms with Gasteiger partial charge in [-0.05, 0) is 53.6 Å². The first-order valence-electron chi connectivity index (χ1n) is 11.1. The molecular formula is C30H24N2O. The fourth-order valence-corrected chi connectivity index (χ4v) is 4.08. The standard InChI is InChI=1S/C30H24N2O/c1-21(22-9-3-2-4-10-22)23-16-17-30(33)26(20-23)29-15-8-14-28(32-29)25-12-7-11-24(19-25)27-13-5-6-18-31-27/h2-21,33H,1H3. The number of benzene rings is 3. The Morgan fingerprint density at radius 2 is 1.30 bits per heavy atom. The smallest absolute Gasteiger partial charge is 0.124 e. The average Bonchev–Trinajstić information content (AvgIpc) is 2.90. The lowest BCUT2D eigenvalue weighted by Crippen LogP contribution is -1.97. The van der Waals surface area contributed by atoms with E-state index in [0.717, 1.165) is 39.3 Å². The van der Waals surface area contributed by atoms with E-state index in [9.17, 15) is 5.11 Å². The first-order chi connectivity index (χ1) is 16.2. The molecule has 1 unspecified atom stereocenters. The van der Waals surface area contributed by atoms with Crippen LogP contribution in [0.3, 0.4) is 0 Å². The Hall–Kier alpha value is -4.24. The summed E-state index contributed by atoms with van der Waals surface area (Å²) in [5, 5.41) is 10.6. The van der Waals surface area contributed by atoms with E-state index < -0.39 is 0 Å². The highest BCUT2D eigenvalue weighted by molar-refractivity contribution is 5.73. The SMILES string of the molecule is CC(c1ccccc1)c1ccc(O)c(-c2cccc(-c3cccc(-c4ccccn4)c3)n2)c1. The van der Waals surface area contributed by atoms with E-state index in [1.807, 2.05) is 66.7 Å². The van der Waals surface area contributed by atoms with Gasteiger partial charge in [0.15, 0.2) is 0 Å². The number of hydrogen-bond donors (Lipinski definition) is 1. The number of nitrogens with zero attached hydrogens (tertiary/aromatic N) is 2. The van der Waals surface area contributed by atoms with Crippen molar-refractivity contribution in [3.05, 3.63) is 127 Å². The van der Waals surface area contributed by atoms with Gasteiger partial charge in [-0.25, -0.2) is 4.98 Å². The second-order valence-electron chi connectivity index (χ2n) is 8.11. The Morgan fingerprint density at radius 3 is 2.09 bits per heavy atom. The van der Waals surface area contributed by atoms with Crippen molar-refractivity contribution in [2.45, 2.75) is 12.8 Å². The van der Waals surface area contributed by atoms with Crippen LogP contribution in [0.5, 0.6) is 5.75 Å². The summed E-state index contributed by atoms with van der Waals surface area (Å²) >= 11 is 0. The zero-order chi connectivity index (χ0) is 22.6. The minimum atomic E-state index is 0.212. The molecule has 33 heavy (non-hydrogen) atoms. The molecule has 0 aliphatic heterocycles. The molecule has 0 saturated heterocycles. The lowest BCUT2D eigenvalue weighted by atomic mass is 9.91. The largest absolute Gasteiger partial charge is 0.507 e. The maximum Gasteiger partial charge on any atom is 0.124 e. The van der Waals surface area contributed by atoms with Crippen LogP contribution in [0.1, 0.15) is 24.0 Å². The van der Waals surface area contributed by atoms with Gasteiger partial charge >= 0.3 is 0 Å². The molecule has 5 rings (SSSR count). The number of aromatic hydroxyl groups is 1. The van der Waals surface area contributed by atoms with Gasteiger partial charge in [0.25, 0.3) is 0 Å². The van der Waals surface area contributed by atoms with E-state index in [4.69, 9.17) is 4.98 Å². The predicted molar refractivity (Wildman–Crippen MR) is 134 cm³/mol. The number of phenolic OH excluding ortho intramolecular Hbond substituents is 1. The third-order valence-electron chi connectivity index (χ3n) is 5.96. The molecule has 3 heteroatoms. The van der Waals surface area contributed by atoms with Crippen LogP contribution in [0.4, 0.5) is 0 Å². The van der Waals surface area contributed by atoms with Crippen LogP contribution < -0.4 is 0 Å². The van der Waals surface area contributed by atoms with E-state index in [-0.39, 0.29) is 11.7 Å². The van der Waals surface area contributed by atoms with Crippen molar-refractivity contribution in [2.24, 2.45) is 0 Å². The summed E-state index contributed by atoms with van der Waals surface area (Å²) in [6.07, 6.45) is 1.80. The minimum Gasteiger partial charge on any atom is -0.507 e. The number of aromatic nitrogens is 2. The summed E-state index contributed by atoms with van der Waals surface area (Å²) in [6.45, 7) is 2.18. The van der Waals surface area contributed by atoms with E-state index in [1.54, 1.807) is 12.3 Å². The summed E-state index contributed by atoms with van der Waals surface area (Å²) in [5.74, 6) is 0.440. The van der Waals surface area contributed by atoms with Crippen molar-refractivity contribution in [3.8, 4) is 39.5 Å². The number of rotatable bonds is 5. The molecule has 5 aromatic rings. The van der Waals surface area contributed by atoms with Crippen LogP contribution in [0.25, 0.3) is 33.8 Å². The Bertz CT molecular complexity index is 1380. The molecule has 0 bridgehead atoms. The first kappa shape index (κ1) is 20.7. The van der Waals surface area contributed by atoms with Crippen molar-refractivity contribution >= 4 is 0 Å². The molecule has 1 atom stereocenters. The molecule has 3 nitrogen and oxygen atoms in total. The second kappa shape index (κ2) is 9.09. The Labute approximate surface area is 194 Å². The molecule has 3 aromatic carbocycles. The maximum absolute atomic E-state index is 10.6. The molecule has 0 fully saturated rings. The van der Waals surface area contributed by atoms with E-state index in [2.05, 4.69) is 48.3 Å². The zero-order valence-corrected chi connectivity index (χ0v) is 18.4. The summed E-state index contributed by atoms with van der Waals surface area (Å²) in [7, 11) is 0. The fraction of sp³-hybridized carbons (Fsp3) is 0.0667. The highest BCUT2D eigenvalue weighted by Gasteiger charge is 2.14. The van der Waals surface area contributed by atoms with E-state index in [1.165, 1.54) is 5.56 Å². The number of hydrogen-bond acceptors (Lipinski definition) is 3. The lowest BCUT2D eigenvalue weighted by Gasteiger charge is -2.15. The zero-order valence-electron chi connectivity index (χ0n) is 18.4. The molecule has 0 aliphatic rings. The normalized spacial score (nSPS) is 11.8. The number of pyridine rings is 2. The summed E-state index contributed by atoms with van der Waals surface area (Å²) in [4.78, 5) is 9.36. The monoisotopic (exact) mass is 428 g/mol. The average molecular weight is 429 g/mol. The molecule has 1 N–H and O–H groups in total. The van der Waals surface area contributed by atoms with Crippen LogP contribution in [0.15, 0.2) is 115 Å².